The second-order valence-corrected chi connectivity index (χ2v) is 6.79. The van der Waals surface area contributed by atoms with Crippen molar-refractivity contribution in [2.24, 2.45) is 0 Å². The zero-order valence-electron chi connectivity index (χ0n) is 13.0. The molecule has 8 heteroatoms. The number of nitrogens with zero attached hydrogens (tertiary/aromatic N) is 5. The van der Waals surface area contributed by atoms with Crippen LogP contribution in [0, 0.1) is 0 Å². The summed E-state index contributed by atoms with van der Waals surface area (Å²) in [6.07, 6.45) is 0.403. The number of halogens is 3. The van der Waals surface area contributed by atoms with Crippen LogP contribution in [0.2, 0.25) is 5.02 Å². The van der Waals surface area contributed by atoms with Gasteiger partial charge in [0.1, 0.15) is 12.0 Å². The Kier molecular flexibility index (Phi) is 3.97. The van der Waals surface area contributed by atoms with Crippen molar-refractivity contribution in [3.05, 3.63) is 62.9 Å². The van der Waals surface area contributed by atoms with Crippen LogP contribution in [0.4, 0.5) is 10.1 Å². The Labute approximate surface area is 154 Å². The zero-order chi connectivity index (χ0) is 17.6. The first-order valence-corrected chi connectivity index (χ1v) is 8.52. The zero-order valence-corrected chi connectivity index (χ0v) is 15.3. The highest BCUT2D eigenvalue weighted by molar-refractivity contribution is 9.10. The summed E-state index contributed by atoms with van der Waals surface area (Å²) in [5.41, 5.74) is 2.38. The van der Waals surface area contributed by atoms with Gasteiger partial charge in [0.25, 0.3) is 0 Å². The molecular weight excluding hydrogens is 409 g/mol. The van der Waals surface area contributed by atoms with Crippen molar-refractivity contribution >= 4 is 56.2 Å². The molecule has 0 saturated heterocycles. The Morgan fingerprint density at radius 2 is 2.04 bits per heavy atom. The van der Waals surface area contributed by atoms with Gasteiger partial charge in [0.05, 0.1) is 18.0 Å². The van der Waals surface area contributed by atoms with E-state index < -0.39 is 0 Å². The molecule has 0 aliphatic rings. The molecule has 0 bridgehead atoms. The fraction of sp³-hybridized carbons (Fsp3) is 0.0588. The molecule has 2 aromatic carbocycles. The molecule has 0 radical (unpaired) electrons. The third-order valence-electron chi connectivity index (χ3n) is 3.93. The molecule has 0 unspecified atom stereocenters. The van der Waals surface area contributed by atoms with E-state index in [4.69, 9.17) is 11.6 Å². The van der Waals surface area contributed by atoms with E-state index in [2.05, 4.69) is 31.1 Å². The second kappa shape index (κ2) is 6.16. The van der Waals surface area contributed by atoms with Crippen molar-refractivity contribution in [2.45, 2.75) is 0 Å². The fourth-order valence-electron chi connectivity index (χ4n) is 2.76. The van der Waals surface area contributed by atoms with Gasteiger partial charge in [0.15, 0.2) is 5.48 Å². The molecule has 2 heterocycles. The van der Waals surface area contributed by atoms with E-state index in [1.54, 1.807) is 16.5 Å². The highest BCUT2D eigenvalue weighted by Gasteiger charge is 2.17. The average molecular weight is 420 g/mol. The summed E-state index contributed by atoms with van der Waals surface area (Å²) < 4.78 is 17.6. The van der Waals surface area contributed by atoms with E-state index in [0.717, 1.165) is 15.5 Å². The number of benzene rings is 2. The van der Waals surface area contributed by atoms with Crippen molar-refractivity contribution in [3.63, 3.8) is 0 Å². The summed E-state index contributed by atoms with van der Waals surface area (Å²) in [5.74, 6) is 0.301. The molecule has 0 aliphatic carbocycles. The molecule has 0 amide bonds. The quantitative estimate of drug-likeness (QED) is 0.446. The standard InChI is InChI=1S/C17H11BrClFN5/c1-24(12-4-2-3-10(18)7-12)16-13-6-5-11(19)8-14(13)25-15(9-20)22-23-17(25)21-16/h2-9H,1H3/q+1. The van der Waals surface area contributed by atoms with Crippen molar-refractivity contribution < 1.29 is 4.39 Å². The Morgan fingerprint density at radius 3 is 2.80 bits per heavy atom. The van der Waals surface area contributed by atoms with Crippen molar-refractivity contribution in [3.8, 4) is 0 Å². The van der Waals surface area contributed by atoms with Gasteiger partial charge in [0, 0.05) is 14.5 Å². The average Bonchev–Trinajstić information content (AvgIpc) is 3.03. The van der Waals surface area contributed by atoms with Crippen LogP contribution in [0.15, 0.2) is 46.9 Å². The predicted octanol–water partition coefficient (Wildman–Crippen LogP) is 2.85. The minimum atomic E-state index is 0.0754. The Bertz CT molecular complexity index is 1250. The minimum Gasteiger partial charge on any atom is -0.235 e. The summed E-state index contributed by atoms with van der Waals surface area (Å²) in [7, 11) is 1.91. The minimum absolute atomic E-state index is 0.0754. The monoisotopic (exact) mass is 418 g/mol. The maximum atomic E-state index is 13.2. The number of fused-ring (bicyclic) bond motifs is 3. The van der Waals surface area contributed by atoms with Gasteiger partial charge in [-0.2, -0.15) is 0 Å². The first-order chi connectivity index (χ1) is 12.1. The lowest BCUT2D eigenvalue weighted by Crippen LogP contribution is -2.28. The van der Waals surface area contributed by atoms with Gasteiger partial charge in [-0.05, 0) is 36.4 Å². The molecule has 0 atom stereocenters. The van der Waals surface area contributed by atoms with E-state index in [9.17, 15) is 4.39 Å². The van der Waals surface area contributed by atoms with Crippen molar-refractivity contribution in [1.29, 1.82) is 0 Å². The van der Waals surface area contributed by atoms with E-state index in [1.165, 1.54) is 0 Å². The molecule has 5 nitrogen and oxygen atoms in total. The SMILES string of the molecule is C[N+](c1cccc(Br)c1)=c1nc2nnc(=CF)n2c2cc(Cl)ccc12. The molecule has 25 heavy (non-hydrogen) atoms. The second-order valence-electron chi connectivity index (χ2n) is 5.44. The van der Waals surface area contributed by atoms with Gasteiger partial charge in [-0.15, -0.1) is 5.10 Å². The Hall–Kier alpha value is -2.38. The Balaban J connectivity index is 2.23. The van der Waals surface area contributed by atoms with Crippen LogP contribution in [0.1, 0.15) is 0 Å². The molecule has 0 N–H and O–H groups in total. The normalized spacial score (nSPS) is 13.7. The molecule has 0 aliphatic heterocycles. The van der Waals surface area contributed by atoms with Crippen LogP contribution in [0.25, 0.3) is 23.0 Å². The smallest absolute Gasteiger partial charge is 0.235 e. The number of rotatable bonds is 1. The molecule has 2 aromatic heterocycles. The van der Waals surface area contributed by atoms with Gasteiger partial charge < -0.3 is 0 Å². The van der Waals surface area contributed by atoms with Crippen LogP contribution in [0.5, 0.6) is 0 Å². The van der Waals surface area contributed by atoms with Gasteiger partial charge in [-0.3, -0.25) is 0 Å². The lowest BCUT2D eigenvalue weighted by Gasteiger charge is -2.03. The lowest BCUT2D eigenvalue weighted by molar-refractivity contribution is 0.781. The molecule has 4 rings (SSSR count). The molecule has 0 fully saturated rings. The Morgan fingerprint density at radius 1 is 1.20 bits per heavy atom. The highest BCUT2D eigenvalue weighted by atomic mass is 79.9. The lowest BCUT2D eigenvalue weighted by atomic mass is 10.2. The summed E-state index contributed by atoms with van der Waals surface area (Å²) in [5, 5.41) is 9.15. The maximum Gasteiger partial charge on any atom is 0.370 e. The first-order valence-electron chi connectivity index (χ1n) is 7.35. The molecule has 124 valence electrons. The van der Waals surface area contributed by atoms with Gasteiger partial charge in [-0.1, -0.05) is 38.7 Å². The molecule has 4 aromatic rings. The van der Waals surface area contributed by atoms with Crippen LogP contribution < -0.4 is 15.5 Å². The number of hydrogen-bond donors (Lipinski definition) is 0. The highest BCUT2D eigenvalue weighted by Crippen LogP contribution is 2.18. The summed E-state index contributed by atoms with van der Waals surface area (Å²) in [6, 6.07) is 13.2. The third kappa shape index (κ3) is 2.69. The van der Waals surface area contributed by atoms with Crippen LogP contribution in [-0.4, -0.2) is 26.6 Å². The predicted molar refractivity (Wildman–Crippen MR) is 99.1 cm³/mol. The number of hydrogen-bond acceptors (Lipinski definition) is 3. The molecule has 0 spiro atoms. The maximum absolute atomic E-state index is 13.2. The van der Waals surface area contributed by atoms with Crippen LogP contribution in [-0.2, 0) is 0 Å². The first kappa shape index (κ1) is 16.1. The number of aromatic nitrogens is 4. The third-order valence-corrected chi connectivity index (χ3v) is 4.66. The van der Waals surface area contributed by atoms with E-state index >= 15 is 0 Å². The summed E-state index contributed by atoms with van der Waals surface area (Å²) in [4.78, 5) is 4.58. The van der Waals surface area contributed by atoms with Crippen LogP contribution in [0.3, 0.4) is 0 Å². The summed E-state index contributed by atoms with van der Waals surface area (Å²) >= 11 is 9.63. The topological polar surface area (TPSA) is 46.1 Å². The van der Waals surface area contributed by atoms with E-state index in [0.29, 0.717) is 28.1 Å². The molecular formula is C17H11BrClFN5+. The van der Waals surface area contributed by atoms with E-state index in [-0.39, 0.29) is 5.48 Å². The summed E-state index contributed by atoms with van der Waals surface area (Å²) in [6.45, 7) is 0. The van der Waals surface area contributed by atoms with Gasteiger partial charge >= 0.3 is 11.3 Å². The van der Waals surface area contributed by atoms with Gasteiger partial charge in [0.2, 0.25) is 0 Å². The van der Waals surface area contributed by atoms with Gasteiger partial charge in [-0.25, -0.2) is 13.4 Å². The van der Waals surface area contributed by atoms with Crippen molar-refractivity contribution in [1.82, 2.24) is 24.2 Å². The van der Waals surface area contributed by atoms with Crippen LogP contribution >= 0.6 is 27.5 Å². The molecule has 0 saturated carbocycles. The fourth-order valence-corrected chi connectivity index (χ4v) is 3.31. The largest absolute Gasteiger partial charge is 0.370 e. The van der Waals surface area contributed by atoms with Crippen molar-refractivity contribution in [2.75, 3.05) is 7.05 Å². The van der Waals surface area contributed by atoms with E-state index in [1.807, 2.05) is 42.0 Å².